The summed E-state index contributed by atoms with van der Waals surface area (Å²) in [6.07, 6.45) is -0.0220. The summed E-state index contributed by atoms with van der Waals surface area (Å²) in [6, 6.07) is 18.2. The molecular weight excluding hydrogens is 394 g/mol. The second-order valence-electron chi connectivity index (χ2n) is 8.99. The van der Waals surface area contributed by atoms with Crippen molar-refractivity contribution in [1.29, 1.82) is 0 Å². The second-order valence-corrected chi connectivity index (χ2v) is 8.99. The van der Waals surface area contributed by atoms with Crippen LogP contribution in [0, 0.1) is 5.92 Å². The number of piperidine rings is 1. The summed E-state index contributed by atoms with van der Waals surface area (Å²) in [4.78, 5) is 27.2. The van der Waals surface area contributed by atoms with E-state index in [2.05, 4.69) is 0 Å². The molecule has 0 aromatic heterocycles. The van der Waals surface area contributed by atoms with E-state index >= 15 is 0 Å². The molecule has 1 saturated heterocycles. The zero-order chi connectivity index (χ0) is 22.4. The maximum absolute atomic E-state index is 13.1. The smallest absolute Gasteiger partial charge is 0.324 e. The lowest BCUT2D eigenvalue weighted by Gasteiger charge is -2.43. The van der Waals surface area contributed by atoms with Gasteiger partial charge in [-0.05, 0) is 38.3 Å². The topological polar surface area (TPSA) is 76.1 Å². The molecular formula is C25H31NO5. The van der Waals surface area contributed by atoms with Crippen LogP contribution < -0.4 is 0 Å². The molecule has 1 aliphatic rings. The highest BCUT2D eigenvalue weighted by atomic mass is 16.5. The number of ether oxygens (including phenoxy) is 2. The molecule has 3 atom stereocenters. The molecule has 1 fully saturated rings. The largest absolute Gasteiger partial charge is 0.481 e. The molecule has 1 aliphatic heterocycles. The zero-order valence-corrected chi connectivity index (χ0v) is 18.4. The Morgan fingerprint density at radius 1 is 1.00 bits per heavy atom. The molecule has 3 rings (SSSR count). The third kappa shape index (κ3) is 6.64. The van der Waals surface area contributed by atoms with Crippen molar-refractivity contribution in [1.82, 2.24) is 4.90 Å². The fraction of sp³-hybridized carbons (Fsp3) is 0.440. The molecule has 31 heavy (non-hydrogen) atoms. The maximum Gasteiger partial charge on any atom is 0.324 e. The summed E-state index contributed by atoms with van der Waals surface area (Å²) in [5.41, 5.74) is 1.46. The third-order valence-corrected chi connectivity index (χ3v) is 5.26. The number of rotatable bonds is 7. The van der Waals surface area contributed by atoms with Gasteiger partial charge in [0.15, 0.2) is 0 Å². The second kappa shape index (κ2) is 10.1. The normalized spacial score (nSPS) is 22.1. The lowest BCUT2D eigenvalue weighted by atomic mass is 9.86. The van der Waals surface area contributed by atoms with Crippen LogP contribution >= 0.6 is 0 Å². The van der Waals surface area contributed by atoms with E-state index in [9.17, 15) is 14.7 Å². The Morgan fingerprint density at radius 3 is 2.13 bits per heavy atom. The highest BCUT2D eigenvalue weighted by Crippen LogP contribution is 2.31. The first-order valence-corrected chi connectivity index (χ1v) is 10.6. The van der Waals surface area contributed by atoms with Crippen molar-refractivity contribution in [3.63, 3.8) is 0 Å². The van der Waals surface area contributed by atoms with Crippen LogP contribution in [-0.4, -0.2) is 46.2 Å². The lowest BCUT2D eigenvalue weighted by Crippen LogP contribution is -2.57. The molecule has 0 radical (unpaired) electrons. The van der Waals surface area contributed by atoms with Crippen molar-refractivity contribution >= 4 is 11.9 Å². The fourth-order valence-corrected chi connectivity index (χ4v) is 4.05. The molecule has 0 saturated carbocycles. The molecule has 0 unspecified atom stereocenters. The predicted molar refractivity (Wildman–Crippen MR) is 117 cm³/mol. The predicted octanol–water partition coefficient (Wildman–Crippen LogP) is 3.89. The number of carbonyl (C=O) groups is 2. The van der Waals surface area contributed by atoms with Gasteiger partial charge < -0.3 is 14.6 Å². The molecule has 6 heteroatoms. The summed E-state index contributed by atoms with van der Waals surface area (Å²) < 4.78 is 11.7. The number of nitrogens with zero attached hydrogens (tertiary/aromatic N) is 1. The van der Waals surface area contributed by atoms with E-state index in [1.165, 1.54) is 0 Å². The Kier molecular flexibility index (Phi) is 7.46. The highest BCUT2D eigenvalue weighted by molar-refractivity contribution is 5.84. The van der Waals surface area contributed by atoms with E-state index in [1.807, 2.05) is 86.3 Å². The Bertz CT molecular complexity index is 862. The minimum atomic E-state index is -1.01. The molecule has 1 N–H and O–H groups in total. The molecule has 0 bridgehead atoms. The monoisotopic (exact) mass is 425 g/mol. The van der Waals surface area contributed by atoms with Crippen molar-refractivity contribution < 1.29 is 24.2 Å². The summed E-state index contributed by atoms with van der Waals surface area (Å²) >= 11 is 0. The molecule has 166 valence electrons. The number of esters is 1. The van der Waals surface area contributed by atoms with Crippen LogP contribution in [0.4, 0.5) is 0 Å². The average molecular weight is 426 g/mol. The number of hydrogen-bond donors (Lipinski definition) is 1. The van der Waals surface area contributed by atoms with E-state index in [1.54, 1.807) is 0 Å². The van der Waals surface area contributed by atoms with Crippen molar-refractivity contribution in [2.24, 2.45) is 5.92 Å². The minimum Gasteiger partial charge on any atom is -0.481 e. The lowest BCUT2D eigenvalue weighted by molar-refractivity contribution is -0.173. The van der Waals surface area contributed by atoms with Gasteiger partial charge in [0.1, 0.15) is 12.6 Å². The Balaban J connectivity index is 1.83. The number of likely N-dealkylation sites (tertiary alicyclic amines) is 1. The summed E-state index contributed by atoms with van der Waals surface area (Å²) in [5, 5.41) is 9.95. The summed E-state index contributed by atoms with van der Waals surface area (Å²) in [7, 11) is 0. The van der Waals surface area contributed by atoms with Crippen LogP contribution in [0.1, 0.15) is 38.3 Å². The van der Waals surface area contributed by atoms with Crippen LogP contribution in [0.2, 0.25) is 0 Å². The molecule has 0 spiro atoms. The minimum absolute atomic E-state index is 0.115. The number of carboxylic acids is 1. The highest BCUT2D eigenvalue weighted by Gasteiger charge is 2.46. The number of hydrogen-bond acceptors (Lipinski definition) is 5. The summed E-state index contributed by atoms with van der Waals surface area (Å²) in [6.45, 7) is 6.87. The van der Waals surface area contributed by atoms with Crippen LogP contribution in [0.15, 0.2) is 60.7 Å². The molecule has 0 amide bonds. The molecule has 2 aromatic carbocycles. The van der Waals surface area contributed by atoms with E-state index in [0.29, 0.717) is 13.1 Å². The van der Waals surface area contributed by atoms with Gasteiger partial charge in [-0.15, -0.1) is 0 Å². The zero-order valence-electron chi connectivity index (χ0n) is 18.4. The van der Waals surface area contributed by atoms with Gasteiger partial charge in [0, 0.05) is 13.1 Å². The van der Waals surface area contributed by atoms with E-state index < -0.39 is 29.5 Å². The Hall–Kier alpha value is -2.70. The van der Waals surface area contributed by atoms with Gasteiger partial charge in [0.2, 0.25) is 0 Å². The van der Waals surface area contributed by atoms with Gasteiger partial charge in [-0.1, -0.05) is 60.7 Å². The fourth-order valence-electron chi connectivity index (χ4n) is 4.05. The van der Waals surface area contributed by atoms with Gasteiger partial charge in [-0.3, -0.25) is 14.5 Å². The Morgan fingerprint density at radius 2 is 1.58 bits per heavy atom. The maximum atomic E-state index is 13.1. The van der Waals surface area contributed by atoms with E-state index in [-0.39, 0.29) is 19.1 Å². The first-order chi connectivity index (χ1) is 14.7. The van der Waals surface area contributed by atoms with Gasteiger partial charge in [-0.25, -0.2) is 0 Å². The molecule has 2 aromatic rings. The number of aliphatic carboxylic acids is 1. The van der Waals surface area contributed by atoms with E-state index in [0.717, 1.165) is 11.1 Å². The van der Waals surface area contributed by atoms with Crippen molar-refractivity contribution in [2.45, 2.75) is 58.1 Å². The SMILES string of the molecule is CC(C)(C)O[C@H]1C[C@H](C(=O)O)[C@@H](C(=O)OCc2ccccc2)N(Cc2ccccc2)C1. The quantitative estimate of drug-likeness (QED) is 0.679. The van der Waals surface area contributed by atoms with Crippen LogP contribution in [0.3, 0.4) is 0 Å². The van der Waals surface area contributed by atoms with Gasteiger partial charge in [-0.2, -0.15) is 0 Å². The van der Waals surface area contributed by atoms with Gasteiger partial charge >= 0.3 is 11.9 Å². The standard InChI is InChI=1S/C25H31NO5/c1-25(2,3)31-20-14-21(23(27)28)22(24(29)30-17-19-12-8-5-9-13-19)26(16-20)15-18-10-6-4-7-11-18/h4-13,20-22H,14-17H2,1-3H3,(H,27,28)/t20-,21-,22-/m0/s1. The van der Waals surface area contributed by atoms with Gasteiger partial charge in [0.05, 0.1) is 17.6 Å². The third-order valence-electron chi connectivity index (χ3n) is 5.26. The molecule has 0 aliphatic carbocycles. The van der Waals surface area contributed by atoms with Crippen LogP contribution in [0.25, 0.3) is 0 Å². The van der Waals surface area contributed by atoms with Crippen molar-refractivity contribution in [3.8, 4) is 0 Å². The number of benzene rings is 2. The number of carbonyl (C=O) groups excluding carboxylic acids is 1. The first kappa shape index (κ1) is 23.0. The van der Waals surface area contributed by atoms with Crippen molar-refractivity contribution in [2.75, 3.05) is 6.54 Å². The van der Waals surface area contributed by atoms with Gasteiger partial charge in [0.25, 0.3) is 0 Å². The Labute approximate surface area is 183 Å². The summed E-state index contributed by atoms with van der Waals surface area (Å²) in [5.74, 6) is -2.43. The van der Waals surface area contributed by atoms with Crippen LogP contribution in [0.5, 0.6) is 0 Å². The average Bonchev–Trinajstić information content (AvgIpc) is 2.72. The van der Waals surface area contributed by atoms with Crippen molar-refractivity contribution in [3.05, 3.63) is 71.8 Å². The van der Waals surface area contributed by atoms with E-state index in [4.69, 9.17) is 9.47 Å². The molecule has 1 heterocycles. The number of carboxylic acid groups (broad SMARTS) is 1. The van der Waals surface area contributed by atoms with Crippen LogP contribution in [-0.2, 0) is 32.2 Å². The molecule has 6 nitrogen and oxygen atoms in total. The first-order valence-electron chi connectivity index (χ1n) is 10.6.